The number of hydrogen-bond donors (Lipinski definition) is 0. The fourth-order valence-electron chi connectivity index (χ4n) is 1.46. The Balaban J connectivity index is 0. The molecule has 1 rings (SSSR count). The van der Waals surface area contributed by atoms with Crippen molar-refractivity contribution in [2.24, 2.45) is 0 Å². The Hall–Kier alpha value is -1.56. The molecule has 0 N–H and O–H groups in total. The Morgan fingerprint density at radius 3 is 1.65 bits per heavy atom. The molecule has 0 saturated heterocycles. The number of hydrogen-bond acceptors (Lipinski definition) is 0. The van der Waals surface area contributed by atoms with Crippen LogP contribution in [0.2, 0.25) is 0 Å². The summed E-state index contributed by atoms with van der Waals surface area (Å²) in [5.41, 5.74) is 2.86. The second-order valence-corrected chi connectivity index (χ2v) is 4.31. The van der Waals surface area contributed by atoms with Crippen molar-refractivity contribution in [1.82, 2.24) is 0 Å². The van der Waals surface area contributed by atoms with Gasteiger partial charge in [-0.2, -0.15) is 0 Å². The zero-order valence-electron chi connectivity index (χ0n) is 14.2. The van der Waals surface area contributed by atoms with Crippen molar-refractivity contribution in [3.8, 4) is 0 Å². The molecule has 0 heteroatoms. The maximum absolute atomic E-state index is 2.18. The van der Waals surface area contributed by atoms with Gasteiger partial charge < -0.3 is 0 Å². The molecule has 0 nitrogen and oxygen atoms in total. The molecule has 0 unspecified atom stereocenters. The van der Waals surface area contributed by atoms with Crippen molar-refractivity contribution < 1.29 is 0 Å². The van der Waals surface area contributed by atoms with Gasteiger partial charge >= 0.3 is 0 Å². The van der Waals surface area contributed by atoms with Gasteiger partial charge in [-0.05, 0) is 51.7 Å². The molecule has 0 aliphatic heterocycles. The quantitative estimate of drug-likeness (QED) is 0.426. The molecule has 1 aromatic carbocycles. The van der Waals surface area contributed by atoms with Gasteiger partial charge in [0.25, 0.3) is 0 Å². The predicted octanol–water partition coefficient (Wildman–Crippen LogP) is 6.67. The van der Waals surface area contributed by atoms with Crippen molar-refractivity contribution in [3.63, 3.8) is 0 Å². The van der Waals surface area contributed by atoms with Crippen molar-refractivity contribution in [3.05, 3.63) is 71.8 Å². The smallest absolute Gasteiger partial charge is 0.0305 e. The monoisotopic (exact) mass is 272 g/mol. The lowest BCUT2D eigenvalue weighted by molar-refractivity contribution is 1.11. The summed E-state index contributed by atoms with van der Waals surface area (Å²) < 4.78 is 0. The molecule has 0 aliphatic carbocycles. The van der Waals surface area contributed by atoms with Gasteiger partial charge in [0, 0.05) is 0 Å². The highest BCUT2D eigenvalue weighted by atomic mass is 13.9. The summed E-state index contributed by atoms with van der Waals surface area (Å²) in [4.78, 5) is 0. The van der Waals surface area contributed by atoms with E-state index in [-0.39, 0.29) is 0 Å². The van der Waals surface area contributed by atoms with E-state index in [9.17, 15) is 0 Å². The molecule has 0 saturated carbocycles. The third-order valence-electron chi connectivity index (χ3n) is 2.61. The number of allylic oxidation sites excluding steroid dienone is 6. The topological polar surface area (TPSA) is 0 Å². The minimum Gasteiger partial charge on any atom is -0.0917 e. The van der Waals surface area contributed by atoms with Crippen LogP contribution in [-0.4, -0.2) is 0 Å². The van der Waals surface area contributed by atoms with Crippen LogP contribution in [0.15, 0.2) is 60.7 Å². The number of benzene rings is 1. The van der Waals surface area contributed by atoms with Gasteiger partial charge in [0.05, 0.1) is 0 Å². The lowest BCUT2D eigenvalue weighted by atomic mass is 10.1. The Morgan fingerprint density at radius 2 is 1.40 bits per heavy atom. The number of aryl methyl sites for hydroxylation is 2. The molecule has 112 valence electrons. The third kappa shape index (κ3) is 14.5. The Labute approximate surface area is 126 Å². The van der Waals surface area contributed by atoms with Gasteiger partial charge in [0.2, 0.25) is 0 Å². The normalized spacial score (nSPS) is 10.3. The summed E-state index contributed by atoms with van der Waals surface area (Å²) in [5.74, 6) is 0. The fraction of sp³-hybridized carbons (Fsp3) is 0.400. The summed E-state index contributed by atoms with van der Waals surface area (Å²) in [5, 5.41) is 0. The Kier molecular flexibility index (Phi) is 18.1. The van der Waals surface area contributed by atoms with Crippen LogP contribution in [-0.2, 0) is 6.42 Å². The second kappa shape index (κ2) is 17.4. The maximum Gasteiger partial charge on any atom is -0.0305 e. The van der Waals surface area contributed by atoms with Gasteiger partial charge in [-0.1, -0.05) is 74.6 Å². The van der Waals surface area contributed by atoms with E-state index >= 15 is 0 Å². The largest absolute Gasteiger partial charge is 0.0917 e. The van der Waals surface area contributed by atoms with E-state index < -0.39 is 0 Å². The first-order valence-electron chi connectivity index (χ1n) is 7.57. The van der Waals surface area contributed by atoms with Gasteiger partial charge in [-0.25, -0.2) is 0 Å². The molecule has 0 atom stereocenters. The van der Waals surface area contributed by atoms with Gasteiger partial charge in [0.15, 0.2) is 0 Å². The molecule has 0 spiro atoms. The van der Waals surface area contributed by atoms with Crippen LogP contribution in [0.4, 0.5) is 0 Å². The Morgan fingerprint density at radius 1 is 0.850 bits per heavy atom. The average Bonchev–Trinajstić information content (AvgIpc) is 2.48. The first-order chi connectivity index (χ1) is 9.67. The van der Waals surface area contributed by atoms with Crippen molar-refractivity contribution in [2.45, 2.75) is 54.4 Å². The second-order valence-electron chi connectivity index (χ2n) is 4.31. The van der Waals surface area contributed by atoms with E-state index in [1.54, 1.807) is 0 Å². The van der Waals surface area contributed by atoms with Crippen LogP contribution >= 0.6 is 0 Å². The molecule has 0 fully saturated rings. The van der Waals surface area contributed by atoms with E-state index in [1.165, 1.54) is 11.1 Å². The predicted molar refractivity (Wildman–Crippen MR) is 95.3 cm³/mol. The van der Waals surface area contributed by atoms with Gasteiger partial charge in [-0.3, -0.25) is 0 Å². The van der Waals surface area contributed by atoms with E-state index in [4.69, 9.17) is 0 Å². The van der Waals surface area contributed by atoms with E-state index in [0.29, 0.717) is 0 Å². The van der Waals surface area contributed by atoms with Crippen LogP contribution in [0, 0.1) is 6.92 Å². The van der Waals surface area contributed by atoms with Crippen LogP contribution in [0.25, 0.3) is 0 Å². The number of rotatable bonds is 3. The molecule has 0 amide bonds. The van der Waals surface area contributed by atoms with Crippen LogP contribution in [0.5, 0.6) is 0 Å². The standard InChI is InChI=1S/C9H12.C6H10.C5H10/c1-3-9-7-5-4-6-8(9)2;1-3-5-6-4-2;1-3-5-4-2/h4-7H,3H2,1-2H3;3-6H,1-2H3;3,5H,4H2,1-2H3/b;5-3-,6-4-;5-3-. The van der Waals surface area contributed by atoms with Crippen LogP contribution in [0.3, 0.4) is 0 Å². The van der Waals surface area contributed by atoms with Crippen molar-refractivity contribution in [1.29, 1.82) is 0 Å². The van der Waals surface area contributed by atoms with Crippen molar-refractivity contribution in [2.75, 3.05) is 0 Å². The molecule has 1 aromatic rings. The highest BCUT2D eigenvalue weighted by molar-refractivity contribution is 5.24. The average molecular weight is 272 g/mol. The van der Waals surface area contributed by atoms with Crippen molar-refractivity contribution >= 4 is 0 Å². The van der Waals surface area contributed by atoms with E-state index in [0.717, 1.165) is 12.8 Å². The summed E-state index contributed by atoms with van der Waals surface area (Å²) in [6, 6.07) is 8.49. The van der Waals surface area contributed by atoms with Crippen LogP contribution < -0.4 is 0 Å². The minimum atomic E-state index is 1.15. The van der Waals surface area contributed by atoms with E-state index in [1.807, 2.05) is 45.1 Å². The first kappa shape index (κ1) is 20.8. The van der Waals surface area contributed by atoms with Gasteiger partial charge in [0.1, 0.15) is 0 Å². The lowest BCUT2D eigenvalue weighted by Gasteiger charge is -1.98. The summed E-state index contributed by atoms with van der Waals surface area (Å²) in [6.07, 6.45) is 14.5. The fourth-order valence-corrected chi connectivity index (χ4v) is 1.46. The maximum atomic E-state index is 2.18. The molecule has 0 radical (unpaired) electrons. The molecule has 0 aromatic heterocycles. The van der Waals surface area contributed by atoms with Gasteiger partial charge in [-0.15, -0.1) is 0 Å². The molecule has 0 bridgehead atoms. The zero-order chi connectivity index (χ0) is 15.6. The molecule has 0 aliphatic rings. The third-order valence-corrected chi connectivity index (χ3v) is 2.61. The molecular formula is C20H32. The molecular weight excluding hydrogens is 240 g/mol. The lowest BCUT2D eigenvalue weighted by Crippen LogP contribution is -1.82. The molecule has 20 heavy (non-hydrogen) atoms. The first-order valence-corrected chi connectivity index (χ1v) is 7.57. The Bertz CT molecular complexity index is 371. The zero-order valence-corrected chi connectivity index (χ0v) is 14.2. The minimum absolute atomic E-state index is 1.15. The van der Waals surface area contributed by atoms with Crippen LogP contribution in [0.1, 0.15) is 52.2 Å². The summed E-state index contributed by atoms with van der Waals surface area (Å²) in [6.45, 7) is 12.5. The highest BCUT2D eigenvalue weighted by Crippen LogP contribution is 2.06. The molecule has 0 heterocycles. The highest BCUT2D eigenvalue weighted by Gasteiger charge is 1.89. The van der Waals surface area contributed by atoms with E-state index in [2.05, 4.69) is 57.2 Å². The summed E-state index contributed by atoms with van der Waals surface area (Å²) in [7, 11) is 0. The SMILES string of the molecule is C/C=C\C=C/C.C/C=C\CC.CCc1ccccc1C. The summed E-state index contributed by atoms with van der Waals surface area (Å²) >= 11 is 0.